The van der Waals surface area contributed by atoms with E-state index < -0.39 is 0 Å². The Kier molecular flexibility index (Phi) is 2.98. The number of rotatable bonds is 2. The van der Waals surface area contributed by atoms with Crippen molar-refractivity contribution >= 4 is 21.7 Å². The summed E-state index contributed by atoms with van der Waals surface area (Å²) in [5.74, 6) is 1.59. The van der Waals surface area contributed by atoms with Gasteiger partial charge in [0, 0.05) is 16.9 Å². The Morgan fingerprint density at radius 3 is 3.11 bits per heavy atom. The number of H-pyrrole nitrogens is 1. The first-order chi connectivity index (χ1) is 8.69. The van der Waals surface area contributed by atoms with Crippen LogP contribution in [-0.2, 0) is 19.3 Å². The normalized spacial score (nSPS) is 19.1. The first kappa shape index (κ1) is 11.9. The molecule has 0 aromatic carbocycles. The van der Waals surface area contributed by atoms with Gasteiger partial charge >= 0.3 is 0 Å². The lowest BCUT2D eigenvalue weighted by Gasteiger charge is -2.19. The highest BCUT2D eigenvalue weighted by molar-refractivity contribution is 7.18. The van der Waals surface area contributed by atoms with Crippen LogP contribution in [0.4, 0.5) is 0 Å². The first-order valence-corrected chi connectivity index (χ1v) is 7.54. The second-order valence-electron chi connectivity index (χ2n) is 5.29. The highest BCUT2D eigenvalue weighted by Crippen LogP contribution is 2.29. The number of aryl methyl sites for hydroxylation is 2. The molecule has 3 rings (SSSR count). The fourth-order valence-corrected chi connectivity index (χ4v) is 3.83. The van der Waals surface area contributed by atoms with Gasteiger partial charge in [-0.15, -0.1) is 11.3 Å². The number of hydrogen-bond acceptors (Lipinski definition) is 3. The van der Waals surface area contributed by atoms with Crippen LogP contribution in [0.25, 0.3) is 10.3 Å². The molecule has 1 unspecified atom stereocenters. The lowest BCUT2D eigenvalue weighted by molar-refractivity contribution is 0.504. The van der Waals surface area contributed by atoms with E-state index in [1.807, 2.05) is 0 Å². The third-order valence-corrected chi connectivity index (χ3v) is 4.87. The molecule has 1 aliphatic carbocycles. The van der Waals surface area contributed by atoms with Gasteiger partial charge in [-0.3, -0.25) is 4.79 Å². The van der Waals surface area contributed by atoms with E-state index in [1.54, 1.807) is 11.3 Å². The van der Waals surface area contributed by atoms with Gasteiger partial charge in [0.05, 0.1) is 0 Å². The maximum Gasteiger partial charge on any atom is 0.209 e. The predicted molar refractivity (Wildman–Crippen MR) is 75.4 cm³/mol. The Balaban J connectivity index is 2.18. The minimum Gasteiger partial charge on any atom is -0.338 e. The Hall–Kier alpha value is -1.16. The number of nitrogens with one attached hydrogen (secondary N) is 1. The average molecular weight is 262 g/mol. The molecule has 1 aliphatic rings. The molecule has 0 radical (unpaired) electrons. The van der Waals surface area contributed by atoms with E-state index >= 15 is 0 Å². The van der Waals surface area contributed by atoms with Crippen LogP contribution < -0.4 is 5.43 Å². The molecule has 0 saturated heterocycles. The lowest BCUT2D eigenvalue weighted by Crippen LogP contribution is -2.20. The van der Waals surface area contributed by atoms with Crippen LogP contribution in [0.1, 0.15) is 43.0 Å². The van der Waals surface area contributed by atoms with Crippen LogP contribution in [0, 0.1) is 5.92 Å². The van der Waals surface area contributed by atoms with Crippen molar-refractivity contribution in [1.82, 2.24) is 9.97 Å². The number of imidazole rings is 1. The van der Waals surface area contributed by atoms with Crippen LogP contribution in [-0.4, -0.2) is 9.97 Å². The van der Waals surface area contributed by atoms with Crippen LogP contribution in [0.3, 0.4) is 0 Å². The number of nitrogens with zero attached hydrogens (tertiary/aromatic N) is 1. The lowest BCUT2D eigenvalue weighted by atomic mass is 9.89. The number of aromatic nitrogens is 2. The number of fused-ring (bicyclic) bond motifs is 2. The molecule has 0 bridgehead atoms. The monoisotopic (exact) mass is 262 g/mol. The molecule has 2 heterocycles. The van der Waals surface area contributed by atoms with Gasteiger partial charge in [0.2, 0.25) is 5.43 Å². The maximum atomic E-state index is 12.5. The third-order valence-electron chi connectivity index (χ3n) is 3.68. The topological polar surface area (TPSA) is 45.8 Å². The molecular weight excluding hydrogens is 244 g/mol. The van der Waals surface area contributed by atoms with E-state index in [4.69, 9.17) is 0 Å². The van der Waals surface area contributed by atoms with Gasteiger partial charge in [-0.1, -0.05) is 13.8 Å². The minimum atomic E-state index is 0.195. The molecule has 0 saturated carbocycles. The molecule has 0 fully saturated rings. The van der Waals surface area contributed by atoms with Crippen LogP contribution in [0.5, 0.6) is 0 Å². The van der Waals surface area contributed by atoms with Crippen molar-refractivity contribution < 1.29 is 0 Å². The molecule has 0 spiro atoms. The summed E-state index contributed by atoms with van der Waals surface area (Å²) in [5.41, 5.74) is 1.97. The summed E-state index contributed by atoms with van der Waals surface area (Å²) >= 11 is 1.71. The molecule has 1 atom stereocenters. The molecule has 2 aromatic rings. The van der Waals surface area contributed by atoms with Gasteiger partial charge in [0.25, 0.3) is 0 Å². The maximum absolute atomic E-state index is 12.5. The van der Waals surface area contributed by atoms with Crippen LogP contribution in [0.15, 0.2) is 4.79 Å². The smallest absolute Gasteiger partial charge is 0.209 e. The first-order valence-electron chi connectivity index (χ1n) is 6.72. The van der Waals surface area contributed by atoms with E-state index in [-0.39, 0.29) is 5.43 Å². The van der Waals surface area contributed by atoms with Gasteiger partial charge in [-0.2, -0.15) is 0 Å². The summed E-state index contributed by atoms with van der Waals surface area (Å²) in [6.45, 7) is 4.36. The second-order valence-corrected chi connectivity index (χ2v) is 6.38. The van der Waals surface area contributed by atoms with E-state index in [1.165, 1.54) is 11.3 Å². The summed E-state index contributed by atoms with van der Waals surface area (Å²) in [6, 6.07) is 0. The Bertz CT molecular complexity index is 641. The molecule has 2 aromatic heterocycles. The SMILES string of the molecule is CCCc1nc2sc3c(c(=O)c2[nH]1)CC(C)CC3. The highest BCUT2D eigenvalue weighted by atomic mass is 32.1. The van der Waals surface area contributed by atoms with E-state index in [0.717, 1.165) is 47.4 Å². The zero-order valence-corrected chi connectivity index (χ0v) is 11.7. The van der Waals surface area contributed by atoms with Gasteiger partial charge in [0.15, 0.2) is 0 Å². The summed E-state index contributed by atoms with van der Waals surface area (Å²) in [4.78, 5) is 22.4. The van der Waals surface area contributed by atoms with Crippen molar-refractivity contribution in [1.29, 1.82) is 0 Å². The zero-order valence-electron chi connectivity index (χ0n) is 10.9. The van der Waals surface area contributed by atoms with E-state index in [0.29, 0.717) is 5.92 Å². The molecule has 18 heavy (non-hydrogen) atoms. The third kappa shape index (κ3) is 1.88. The Labute approximate surface area is 110 Å². The number of aromatic amines is 1. The molecule has 4 heteroatoms. The Morgan fingerprint density at radius 1 is 1.50 bits per heavy atom. The van der Waals surface area contributed by atoms with E-state index in [9.17, 15) is 4.79 Å². The molecule has 1 N–H and O–H groups in total. The second kappa shape index (κ2) is 4.50. The molecular formula is C14H18N2OS. The average Bonchev–Trinajstić information content (AvgIpc) is 2.74. The standard InChI is InChI=1S/C14H18N2OS/c1-3-4-11-15-12-13(17)9-7-8(2)5-6-10(9)18-14(12)16-11/h8H,3-7H2,1-2H3,(H,15,16). The highest BCUT2D eigenvalue weighted by Gasteiger charge is 2.21. The largest absolute Gasteiger partial charge is 0.338 e. The number of hydrogen-bond donors (Lipinski definition) is 1. The fourth-order valence-electron chi connectivity index (χ4n) is 2.68. The fraction of sp³-hybridized carbons (Fsp3) is 0.571. The summed E-state index contributed by atoms with van der Waals surface area (Å²) in [5, 5.41) is 0. The molecule has 96 valence electrons. The van der Waals surface area contributed by atoms with Gasteiger partial charge in [0.1, 0.15) is 16.2 Å². The van der Waals surface area contributed by atoms with Crippen molar-refractivity contribution in [3.63, 3.8) is 0 Å². The van der Waals surface area contributed by atoms with Gasteiger partial charge < -0.3 is 4.98 Å². The van der Waals surface area contributed by atoms with E-state index in [2.05, 4.69) is 23.8 Å². The molecule has 3 nitrogen and oxygen atoms in total. The quantitative estimate of drug-likeness (QED) is 0.904. The molecule has 0 aliphatic heterocycles. The Morgan fingerprint density at radius 2 is 2.33 bits per heavy atom. The zero-order chi connectivity index (χ0) is 12.7. The van der Waals surface area contributed by atoms with Crippen molar-refractivity contribution in [2.45, 2.75) is 46.0 Å². The van der Waals surface area contributed by atoms with Crippen LogP contribution >= 0.6 is 11.3 Å². The molecule has 0 amide bonds. The summed E-state index contributed by atoms with van der Waals surface area (Å²) in [6.07, 6.45) is 5.14. The van der Waals surface area contributed by atoms with Crippen molar-refractivity contribution in [3.05, 3.63) is 26.5 Å². The van der Waals surface area contributed by atoms with Crippen molar-refractivity contribution in [2.75, 3.05) is 0 Å². The summed E-state index contributed by atoms with van der Waals surface area (Å²) < 4.78 is 0. The summed E-state index contributed by atoms with van der Waals surface area (Å²) in [7, 11) is 0. The van der Waals surface area contributed by atoms with Gasteiger partial charge in [-0.05, 0) is 31.6 Å². The van der Waals surface area contributed by atoms with Crippen LogP contribution in [0.2, 0.25) is 0 Å². The van der Waals surface area contributed by atoms with Crippen molar-refractivity contribution in [2.24, 2.45) is 5.92 Å². The van der Waals surface area contributed by atoms with Gasteiger partial charge in [-0.25, -0.2) is 4.98 Å². The predicted octanol–water partition coefficient (Wildman–Crippen LogP) is 3.06. The minimum absolute atomic E-state index is 0.195. The van der Waals surface area contributed by atoms with Crippen molar-refractivity contribution in [3.8, 4) is 0 Å².